The Morgan fingerprint density at radius 3 is 2.52 bits per heavy atom. The van der Waals surface area contributed by atoms with Crippen molar-refractivity contribution in [2.75, 3.05) is 11.9 Å². The van der Waals surface area contributed by atoms with E-state index in [1.54, 1.807) is 31.2 Å². The number of benzene rings is 2. The summed E-state index contributed by atoms with van der Waals surface area (Å²) in [6.45, 7) is 4.14. The zero-order chi connectivity index (χ0) is 19.2. The average molecular weight is 364 g/mol. The number of nitrogens with one attached hydrogen (secondary N) is 2. The molecule has 1 aromatic heterocycles. The van der Waals surface area contributed by atoms with Crippen LogP contribution < -0.4 is 10.6 Å². The summed E-state index contributed by atoms with van der Waals surface area (Å²) < 4.78 is 13.6. The topological polar surface area (TPSA) is 66.9 Å². The highest BCUT2D eigenvalue weighted by molar-refractivity contribution is 5.92. The molecule has 0 unspecified atom stereocenters. The van der Waals surface area contributed by atoms with Gasteiger partial charge in [-0.1, -0.05) is 35.9 Å². The van der Waals surface area contributed by atoms with E-state index in [4.69, 9.17) is 0 Å². The van der Waals surface area contributed by atoms with Gasteiger partial charge in [-0.3, -0.25) is 4.79 Å². The SMILES string of the molecule is Cc1ccc(Nc2nc(C)cc(C(=O)NCCc3ccccc3F)n2)cc1. The van der Waals surface area contributed by atoms with Crippen molar-refractivity contribution < 1.29 is 9.18 Å². The molecular weight excluding hydrogens is 343 g/mol. The van der Waals surface area contributed by atoms with Crippen molar-refractivity contribution >= 4 is 17.5 Å². The first kappa shape index (κ1) is 18.5. The minimum atomic E-state index is -0.316. The predicted molar refractivity (Wildman–Crippen MR) is 104 cm³/mol. The van der Waals surface area contributed by atoms with Crippen LogP contribution in [0.25, 0.3) is 0 Å². The molecule has 0 atom stereocenters. The number of anilines is 2. The van der Waals surface area contributed by atoms with Gasteiger partial charge in [-0.05, 0) is 50.1 Å². The summed E-state index contributed by atoms with van der Waals surface area (Å²) in [5.74, 6) is -0.226. The van der Waals surface area contributed by atoms with Crippen LogP contribution in [-0.4, -0.2) is 22.4 Å². The van der Waals surface area contributed by atoms with Crippen molar-refractivity contribution in [3.8, 4) is 0 Å². The lowest BCUT2D eigenvalue weighted by atomic mass is 10.1. The second-order valence-corrected chi connectivity index (χ2v) is 6.31. The number of halogens is 1. The summed E-state index contributed by atoms with van der Waals surface area (Å²) in [5, 5.41) is 5.88. The molecule has 0 saturated carbocycles. The van der Waals surface area contributed by atoms with Crippen molar-refractivity contribution in [2.45, 2.75) is 20.3 Å². The molecule has 2 N–H and O–H groups in total. The van der Waals surface area contributed by atoms with Crippen molar-refractivity contribution in [3.63, 3.8) is 0 Å². The maximum Gasteiger partial charge on any atom is 0.270 e. The van der Waals surface area contributed by atoms with Crippen LogP contribution in [0.4, 0.5) is 16.0 Å². The largest absolute Gasteiger partial charge is 0.350 e. The number of carbonyl (C=O) groups is 1. The number of aryl methyl sites for hydroxylation is 2. The molecule has 0 aliphatic carbocycles. The zero-order valence-electron chi connectivity index (χ0n) is 15.3. The lowest BCUT2D eigenvalue weighted by molar-refractivity contribution is 0.0949. The number of carbonyl (C=O) groups excluding carboxylic acids is 1. The van der Waals surface area contributed by atoms with Gasteiger partial charge in [0, 0.05) is 17.9 Å². The quantitative estimate of drug-likeness (QED) is 0.695. The number of aromatic nitrogens is 2. The van der Waals surface area contributed by atoms with Crippen LogP contribution in [0.5, 0.6) is 0 Å². The smallest absolute Gasteiger partial charge is 0.270 e. The molecule has 1 amide bonds. The van der Waals surface area contributed by atoms with Crippen LogP contribution in [0.3, 0.4) is 0 Å². The van der Waals surface area contributed by atoms with Crippen LogP contribution in [0.2, 0.25) is 0 Å². The van der Waals surface area contributed by atoms with E-state index in [0.717, 1.165) is 11.3 Å². The third-order valence-corrected chi connectivity index (χ3v) is 4.03. The van der Waals surface area contributed by atoms with E-state index in [-0.39, 0.29) is 17.4 Å². The van der Waals surface area contributed by atoms with Gasteiger partial charge in [0.05, 0.1) is 0 Å². The lowest BCUT2D eigenvalue weighted by Gasteiger charge is -2.09. The molecule has 0 bridgehead atoms. The van der Waals surface area contributed by atoms with Crippen molar-refractivity contribution in [1.29, 1.82) is 0 Å². The Balaban J connectivity index is 1.65. The fourth-order valence-corrected chi connectivity index (χ4v) is 2.61. The molecule has 0 aliphatic rings. The molecule has 0 aliphatic heterocycles. The van der Waals surface area contributed by atoms with E-state index in [1.807, 2.05) is 31.2 Å². The molecule has 3 rings (SSSR count). The van der Waals surface area contributed by atoms with E-state index in [9.17, 15) is 9.18 Å². The number of nitrogens with zero attached hydrogens (tertiary/aromatic N) is 2. The van der Waals surface area contributed by atoms with Crippen LogP contribution in [0.15, 0.2) is 54.6 Å². The Labute approximate surface area is 157 Å². The second-order valence-electron chi connectivity index (χ2n) is 6.31. The van der Waals surface area contributed by atoms with Gasteiger partial charge in [-0.2, -0.15) is 0 Å². The fourth-order valence-electron chi connectivity index (χ4n) is 2.61. The molecule has 1 heterocycles. The summed E-state index contributed by atoms with van der Waals surface area (Å²) in [5.41, 5.74) is 3.51. The zero-order valence-corrected chi connectivity index (χ0v) is 15.3. The predicted octanol–water partition coefficient (Wildman–Crippen LogP) is 3.95. The van der Waals surface area contributed by atoms with Crippen molar-refractivity contribution in [1.82, 2.24) is 15.3 Å². The fraction of sp³-hybridized carbons (Fsp3) is 0.190. The molecular formula is C21H21FN4O. The molecule has 6 heteroatoms. The van der Waals surface area contributed by atoms with Crippen LogP contribution in [-0.2, 0) is 6.42 Å². The van der Waals surface area contributed by atoms with E-state index in [2.05, 4.69) is 20.6 Å². The molecule has 0 fully saturated rings. The molecule has 3 aromatic rings. The van der Waals surface area contributed by atoms with Gasteiger partial charge >= 0.3 is 0 Å². The number of hydrogen-bond donors (Lipinski definition) is 2. The van der Waals surface area contributed by atoms with Crippen LogP contribution in [0, 0.1) is 19.7 Å². The molecule has 0 spiro atoms. The number of rotatable bonds is 6. The Bertz CT molecular complexity index is 941. The highest BCUT2D eigenvalue weighted by Crippen LogP contribution is 2.15. The summed E-state index contributed by atoms with van der Waals surface area (Å²) in [6.07, 6.45) is 0.414. The maximum absolute atomic E-state index is 13.6. The molecule has 138 valence electrons. The normalized spacial score (nSPS) is 10.5. The van der Waals surface area contributed by atoms with Gasteiger partial charge in [0.1, 0.15) is 11.5 Å². The van der Waals surface area contributed by atoms with Crippen LogP contribution >= 0.6 is 0 Å². The van der Waals surface area contributed by atoms with E-state index in [0.29, 0.717) is 30.2 Å². The van der Waals surface area contributed by atoms with Gasteiger partial charge in [-0.25, -0.2) is 14.4 Å². The standard InChI is InChI=1S/C21H21FN4O/c1-14-7-9-17(10-8-14)25-21-24-15(2)13-19(26-21)20(27)23-12-11-16-5-3-4-6-18(16)22/h3-10,13H,11-12H2,1-2H3,(H,23,27)(H,24,25,26). The molecule has 0 saturated heterocycles. The van der Waals surface area contributed by atoms with E-state index in [1.165, 1.54) is 6.07 Å². The number of amides is 1. The third kappa shape index (κ3) is 5.10. The molecule has 5 nitrogen and oxygen atoms in total. The van der Waals surface area contributed by atoms with Gasteiger partial charge in [-0.15, -0.1) is 0 Å². The molecule has 0 radical (unpaired) electrons. The second kappa shape index (κ2) is 8.40. The molecule has 2 aromatic carbocycles. The number of hydrogen-bond acceptors (Lipinski definition) is 4. The monoisotopic (exact) mass is 364 g/mol. The third-order valence-electron chi connectivity index (χ3n) is 4.03. The van der Waals surface area contributed by atoms with Gasteiger partial charge in [0.25, 0.3) is 5.91 Å². The average Bonchev–Trinajstić information content (AvgIpc) is 2.64. The molecule has 27 heavy (non-hydrogen) atoms. The minimum Gasteiger partial charge on any atom is -0.350 e. The van der Waals surface area contributed by atoms with E-state index >= 15 is 0 Å². The van der Waals surface area contributed by atoms with E-state index < -0.39 is 0 Å². The highest BCUT2D eigenvalue weighted by atomic mass is 19.1. The first-order valence-corrected chi connectivity index (χ1v) is 8.72. The van der Waals surface area contributed by atoms with Crippen molar-refractivity contribution in [2.24, 2.45) is 0 Å². The minimum absolute atomic E-state index is 0.269. The van der Waals surface area contributed by atoms with Gasteiger partial charge in [0.2, 0.25) is 5.95 Å². The summed E-state index contributed by atoms with van der Waals surface area (Å²) >= 11 is 0. The first-order chi connectivity index (χ1) is 13.0. The van der Waals surface area contributed by atoms with Crippen molar-refractivity contribution in [3.05, 3.63) is 82.9 Å². The summed E-state index contributed by atoms with van der Waals surface area (Å²) in [6, 6.07) is 16.0. The van der Waals surface area contributed by atoms with Gasteiger partial charge in [0.15, 0.2) is 0 Å². The Morgan fingerprint density at radius 2 is 1.78 bits per heavy atom. The Kier molecular flexibility index (Phi) is 5.76. The summed E-state index contributed by atoms with van der Waals surface area (Å²) in [7, 11) is 0. The van der Waals surface area contributed by atoms with Gasteiger partial charge < -0.3 is 10.6 Å². The van der Waals surface area contributed by atoms with Crippen LogP contribution in [0.1, 0.15) is 27.3 Å². The first-order valence-electron chi connectivity index (χ1n) is 8.72. The Morgan fingerprint density at radius 1 is 1.04 bits per heavy atom. The lowest BCUT2D eigenvalue weighted by Crippen LogP contribution is -2.27. The maximum atomic E-state index is 13.6. The summed E-state index contributed by atoms with van der Waals surface area (Å²) in [4.78, 5) is 21.0. The highest BCUT2D eigenvalue weighted by Gasteiger charge is 2.11. The Hall–Kier alpha value is -3.28.